The minimum absolute atomic E-state index is 0. The van der Waals surface area contributed by atoms with Crippen molar-refractivity contribution in [3.05, 3.63) is 12.7 Å². The molecule has 1 rings (SSSR count). The highest BCUT2D eigenvalue weighted by Gasteiger charge is 2.28. The second-order valence-electron chi connectivity index (χ2n) is 3.12. The average Bonchev–Trinajstić information content (AvgIpc) is 2.32. The van der Waals surface area contributed by atoms with Gasteiger partial charge in [0.2, 0.25) is 5.91 Å². The third-order valence-corrected chi connectivity index (χ3v) is 2.13. The third-order valence-electron chi connectivity index (χ3n) is 2.13. The van der Waals surface area contributed by atoms with Crippen molar-refractivity contribution >= 4 is 5.91 Å². The molecule has 0 aromatic rings. The molecule has 1 aliphatic rings. The van der Waals surface area contributed by atoms with Crippen LogP contribution in [-0.2, 0) is 4.79 Å². The van der Waals surface area contributed by atoms with Crippen molar-refractivity contribution in [1.29, 1.82) is 0 Å². The number of carbonyl (C=O) groups is 1. The molecule has 0 atom stereocenters. The Bertz CT molecular complexity index is 180. The summed E-state index contributed by atoms with van der Waals surface area (Å²) in [5, 5.41) is 3.26. The van der Waals surface area contributed by atoms with Crippen molar-refractivity contribution in [3.8, 4) is 0 Å². The van der Waals surface area contributed by atoms with E-state index < -0.39 is 0 Å². The smallest absolute Gasteiger partial charge is 0.245 e. The van der Waals surface area contributed by atoms with E-state index in [4.69, 9.17) is 0 Å². The van der Waals surface area contributed by atoms with Crippen LogP contribution in [0.15, 0.2) is 12.7 Å². The first-order chi connectivity index (χ1) is 7.77. The van der Waals surface area contributed by atoms with Gasteiger partial charge in [0.15, 0.2) is 0 Å². The zero-order valence-corrected chi connectivity index (χ0v) is 11.5. The molecule has 1 aliphatic heterocycles. The largest absolute Gasteiger partial charge is 0.338 e. The van der Waals surface area contributed by atoms with Crippen LogP contribution in [0.25, 0.3) is 0 Å². The quantitative estimate of drug-likeness (QED) is 0.753. The summed E-state index contributed by atoms with van der Waals surface area (Å²) < 4.78 is 0. The molecule has 1 fully saturated rings. The fourth-order valence-corrected chi connectivity index (χ4v) is 1.36. The Morgan fingerprint density at radius 2 is 1.94 bits per heavy atom. The molecule has 1 N–H and O–H groups in total. The highest BCUT2D eigenvalue weighted by atomic mass is 16.2. The molecule has 0 spiro atoms. The molecule has 0 bridgehead atoms. The van der Waals surface area contributed by atoms with Gasteiger partial charge in [-0.2, -0.15) is 0 Å². The highest BCUT2D eigenvalue weighted by molar-refractivity contribution is 5.87. The van der Waals surface area contributed by atoms with Crippen molar-refractivity contribution in [2.75, 3.05) is 26.2 Å². The van der Waals surface area contributed by atoms with Crippen LogP contribution >= 0.6 is 0 Å². The number of amides is 1. The maximum absolute atomic E-state index is 11.0. The summed E-state index contributed by atoms with van der Waals surface area (Å²) in [7, 11) is 0. The Labute approximate surface area is 102 Å². The van der Waals surface area contributed by atoms with E-state index in [1.54, 1.807) is 0 Å². The number of carbonyl (C=O) groups excluding carboxylic acids is 1. The van der Waals surface area contributed by atoms with E-state index in [0.717, 1.165) is 26.2 Å². The molecule has 0 unspecified atom stereocenters. The van der Waals surface area contributed by atoms with Gasteiger partial charge >= 0.3 is 0 Å². The molecule has 3 nitrogen and oxygen atoms in total. The monoisotopic (exact) mass is 230 g/mol. The van der Waals surface area contributed by atoms with Gasteiger partial charge < -0.3 is 10.2 Å². The molecule has 1 saturated heterocycles. The van der Waals surface area contributed by atoms with E-state index in [2.05, 4.69) is 18.8 Å². The van der Waals surface area contributed by atoms with Crippen LogP contribution in [0.3, 0.4) is 0 Å². The minimum atomic E-state index is 0. The van der Waals surface area contributed by atoms with Gasteiger partial charge in [0.1, 0.15) is 0 Å². The minimum Gasteiger partial charge on any atom is -0.338 e. The molecule has 16 heavy (non-hydrogen) atoms. The van der Waals surface area contributed by atoms with Crippen LogP contribution in [0.2, 0.25) is 0 Å². The maximum Gasteiger partial charge on any atom is 0.245 e. The van der Waals surface area contributed by atoms with E-state index in [0.29, 0.717) is 5.92 Å². The summed E-state index contributed by atoms with van der Waals surface area (Å²) in [6.07, 6.45) is 1.38. The SMILES string of the molecule is C=CC(=O)N1CC(CNCC)C1.CC.CC.[HH]. The van der Waals surface area contributed by atoms with Gasteiger partial charge in [-0.15, -0.1) is 0 Å². The van der Waals surface area contributed by atoms with Crippen LogP contribution in [-0.4, -0.2) is 37.0 Å². The van der Waals surface area contributed by atoms with Crippen LogP contribution in [0.4, 0.5) is 0 Å². The van der Waals surface area contributed by atoms with Crippen LogP contribution in [0.1, 0.15) is 36.0 Å². The number of hydrogen-bond acceptors (Lipinski definition) is 2. The van der Waals surface area contributed by atoms with E-state index in [1.165, 1.54) is 6.08 Å². The van der Waals surface area contributed by atoms with E-state index in [1.807, 2.05) is 32.6 Å². The van der Waals surface area contributed by atoms with Crippen LogP contribution in [0.5, 0.6) is 0 Å². The Kier molecular flexibility index (Phi) is 13.4. The van der Waals surface area contributed by atoms with Gasteiger partial charge in [0.05, 0.1) is 0 Å². The molecule has 3 heteroatoms. The molecule has 1 heterocycles. The standard InChI is InChI=1S/C9H16N2O.2C2H6.H2/c1-3-9(12)11-6-8(7-11)5-10-4-2;2*1-2;/h3,8,10H,1,4-7H2,2H3;2*1-2H3;1H. The first-order valence-electron chi connectivity index (χ1n) is 6.40. The second kappa shape index (κ2) is 12.2. The molecule has 98 valence electrons. The average molecular weight is 230 g/mol. The molecule has 0 aromatic heterocycles. The second-order valence-corrected chi connectivity index (χ2v) is 3.12. The topological polar surface area (TPSA) is 32.3 Å². The first-order valence-corrected chi connectivity index (χ1v) is 6.40. The maximum atomic E-state index is 11.0. The number of likely N-dealkylation sites (tertiary alicyclic amines) is 1. The Hall–Kier alpha value is -0.830. The number of nitrogens with zero attached hydrogens (tertiary/aromatic N) is 1. The number of nitrogens with one attached hydrogen (secondary N) is 1. The summed E-state index contributed by atoms with van der Waals surface area (Å²) in [6, 6.07) is 0. The number of hydrogen-bond donors (Lipinski definition) is 1. The third kappa shape index (κ3) is 6.62. The van der Waals surface area contributed by atoms with Crippen molar-refractivity contribution in [2.24, 2.45) is 5.92 Å². The lowest BCUT2D eigenvalue weighted by Gasteiger charge is -2.38. The highest BCUT2D eigenvalue weighted by Crippen LogP contribution is 2.14. The van der Waals surface area contributed by atoms with E-state index in [-0.39, 0.29) is 7.33 Å². The fourth-order valence-electron chi connectivity index (χ4n) is 1.36. The molecular formula is C13H30N2O. The van der Waals surface area contributed by atoms with Crippen molar-refractivity contribution in [3.63, 3.8) is 0 Å². The summed E-state index contributed by atoms with van der Waals surface area (Å²) in [6.45, 7) is 17.3. The lowest BCUT2D eigenvalue weighted by Crippen LogP contribution is -2.52. The Morgan fingerprint density at radius 1 is 1.44 bits per heavy atom. The molecule has 0 aliphatic carbocycles. The van der Waals surface area contributed by atoms with E-state index in [9.17, 15) is 4.79 Å². The van der Waals surface area contributed by atoms with Gasteiger partial charge in [-0.3, -0.25) is 4.79 Å². The van der Waals surface area contributed by atoms with Crippen LogP contribution in [0, 0.1) is 5.92 Å². The molecule has 0 aromatic carbocycles. The van der Waals surface area contributed by atoms with Gasteiger partial charge in [-0.1, -0.05) is 41.2 Å². The summed E-state index contributed by atoms with van der Waals surface area (Å²) in [4.78, 5) is 12.8. The summed E-state index contributed by atoms with van der Waals surface area (Å²) in [5.74, 6) is 0.705. The molecule has 0 radical (unpaired) electrons. The predicted octanol–water partition coefficient (Wildman–Crippen LogP) is 2.54. The van der Waals surface area contributed by atoms with Crippen molar-refractivity contribution in [2.45, 2.75) is 34.6 Å². The van der Waals surface area contributed by atoms with Gasteiger partial charge in [-0.25, -0.2) is 0 Å². The zero-order chi connectivity index (χ0) is 13.0. The molecule has 0 saturated carbocycles. The molecule has 1 amide bonds. The first kappa shape index (κ1) is 17.6. The lowest BCUT2D eigenvalue weighted by molar-refractivity contribution is -0.131. The zero-order valence-electron chi connectivity index (χ0n) is 11.5. The summed E-state index contributed by atoms with van der Waals surface area (Å²) in [5.41, 5.74) is 0. The molecular weight excluding hydrogens is 200 g/mol. The normalized spacial score (nSPS) is 13.7. The predicted molar refractivity (Wildman–Crippen MR) is 73.6 cm³/mol. The van der Waals surface area contributed by atoms with Crippen molar-refractivity contribution in [1.82, 2.24) is 10.2 Å². The Morgan fingerprint density at radius 3 is 2.31 bits per heavy atom. The number of rotatable bonds is 4. The van der Waals surface area contributed by atoms with Crippen molar-refractivity contribution < 1.29 is 6.22 Å². The van der Waals surface area contributed by atoms with Gasteiger partial charge in [-0.05, 0) is 12.6 Å². The fraction of sp³-hybridized carbons (Fsp3) is 0.769. The van der Waals surface area contributed by atoms with Gasteiger partial charge in [0.25, 0.3) is 0 Å². The van der Waals surface area contributed by atoms with Gasteiger partial charge in [0, 0.05) is 27.0 Å². The summed E-state index contributed by atoms with van der Waals surface area (Å²) >= 11 is 0. The lowest BCUT2D eigenvalue weighted by atomic mass is 10.0. The Balaban J connectivity index is -0.000000355. The van der Waals surface area contributed by atoms with E-state index >= 15 is 0 Å². The van der Waals surface area contributed by atoms with Crippen LogP contribution < -0.4 is 5.32 Å².